The number of carbonyl (C=O) groups is 1. The molecular formula is C35H34BrN5O5. The lowest BCUT2D eigenvalue weighted by molar-refractivity contribution is -0.128. The van der Waals surface area contributed by atoms with E-state index in [1.807, 2.05) is 66.7 Å². The predicted molar refractivity (Wildman–Crippen MR) is 180 cm³/mol. The normalized spacial score (nSPS) is 16.9. The summed E-state index contributed by atoms with van der Waals surface area (Å²) >= 11 is 3.50. The number of nitrogens with zero attached hydrogens (tertiary/aromatic N) is 4. The summed E-state index contributed by atoms with van der Waals surface area (Å²) in [5.74, 6) is 1.37. The number of amides is 1. The molecule has 0 aromatic heterocycles. The van der Waals surface area contributed by atoms with Gasteiger partial charge in [0.05, 0.1) is 13.7 Å². The molecule has 1 aliphatic heterocycles. The molecule has 0 saturated heterocycles. The molecule has 1 heterocycles. The highest BCUT2D eigenvalue weighted by atomic mass is 79.9. The van der Waals surface area contributed by atoms with Gasteiger partial charge in [0.2, 0.25) is 5.90 Å². The summed E-state index contributed by atoms with van der Waals surface area (Å²) in [6, 6.07) is 29.7. The number of benzene rings is 4. The third kappa shape index (κ3) is 7.69. The Morgan fingerprint density at radius 2 is 1.72 bits per heavy atom. The quantitative estimate of drug-likeness (QED) is 0.0637. The van der Waals surface area contributed by atoms with Crippen LogP contribution >= 0.6 is 15.9 Å². The highest BCUT2D eigenvalue weighted by Crippen LogP contribution is 2.45. The second-order valence-electron chi connectivity index (χ2n) is 10.7. The van der Waals surface area contributed by atoms with Crippen molar-refractivity contribution in [3.8, 4) is 11.5 Å². The van der Waals surface area contributed by atoms with Crippen LogP contribution in [0.2, 0.25) is 0 Å². The average molecular weight is 685 g/mol. The first-order valence-corrected chi connectivity index (χ1v) is 15.7. The van der Waals surface area contributed by atoms with Crippen LogP contribution < -0.4 is 14.8 Å². The van der Waals surface area contributed by atoms with Crippen molar-refractivity contribution < 1.29 is 24.1 Å². The van der Waals surface area contributed by atoms with Crippen LogP contribution in [0.15, 0.2) is 112 Å². The van der Waals surface area contributed by atoms with Gasteiger partial charge in [-0.2, -0.15) is 0 Å². The van der Waals surface area contributed by atoms with Crippen molar-refractivity contribution in [1.29, 1.82) is 0 Å². The van der Waals surface area contributed by atoms with Crippen molar-refractivity contribution in [1.82, 2.24) is 5.32 Å². The molecule has 0 spiro atoms. The van der Waals surface area contributed by atoms with Crippen LogP contribution in [0, 0.1) is 0 Å². The van der Waals surface area contributed by atoms with E-state index in [1.54, 1.807) is 37.4 Å². The maximum Gasteiger partial charge on any atom is 0.252 e. The molecular weight excluding hydrogens is 650 g/mol. The lowest BCUT2D eigenvalue weighted by Crippen LogP contribution is -2.50. The van der Waals surface area contributed by atoms with Gasteiger partial charge in [-0.05, 0) is 71.6 Å². The number of methoxy groups -OCH3 is 1. The predicted octanol–water partition coefficient (Wildman–Crippen LogP) is 7.02. The van der Waals surface area contributed by atoms with Crippen molar-refractivity contribution in [3.05, 3.63) is 134 Å². The molecule has 10 nitrogen and oxygen atoms in total. The number of azide groups is 1. The Hall–Kier alpha value is -4.83. The number of hydrogen-bond acceptors (Lipinski definition) is 7. The summed E-state index contributed by atoms with van der Waals surface area (Å²) < 4.78 is 18.5. The van der Waals surface area contributed by atoms with Crippen LogP contribution in [0.1, 0.15) is 34.8 Å². The highest BCUT2D eigenvalue weighted by molar-refractivity contribution is 9.10. The topological polar surface area (TPSA) is 138 Å². The van der Waals surface area contributed by atoms with E-state index in [1.165, 1.54) is 0 Å². The van der Waals surface area contributed by atoms with Gasteiger partial charge in [0, 0.05) is 52.2 Å². The maximum absolute atomic E-state index is 14.5. The fourth-order valence-corrected chi connectivity index (χ4v) is 5.55. The molecule has 46 heavy (non-hydrogen) atoms. The third-order valence-corrected chi connectivity index (χ3v) is 8.18. The van der Waals surface area contributed by atoms with Crippen LogP contribution in [0.5, 0.6) is 11.5 Å². The second kappa shape index (κ2) is 15.4. The number of nitrogens with one attached hydrogen (secondary N) is 1. The molecule has 2 N–H and O–H groups in total. The number of ether oxygens (including phenoxy) is 3. The number of hydrogen-bond donors (Lipinski definition) is 2. The Balaban J connectivity index is 1.54. The minimum absolute atomic E-state index is 0.0457. The first-order valence-electron chi connectivity index (χ1n) is 14.9. The number of halogens is 1. The molecule has 2 atom stereocenters. The minimum Gasteiger partial charge on any atom is -0.497 e. The van der Waals surface area contributed by atoms with Crippen LogP contribution in [-0.2, 0) is 22.4 Å². The van der Waals surface area contributed by atoms with Gasteiger partial charge in [0.15, 0.2) is 11.6 Å². The number of aliphatic imine (C=N–C) groups is 1. The number of aliphatic hydroxyl groups is 1. The summed E-state index contributed by atoms with van der Waals surface area (Å²) in [7, 11) is 1.62. The first-order chi connectivity index (χ1) is 22.5. The lowest BCUT2D eigenvalue weighted by Gasteiger charge is -2.31. The zero-order valence-corrected chi connectivity index (χ0v) is 26.9. The fraction of sp³-hybridized carbons (Fsp3) is 0.257. The molecule has 0 bridgehead atoms. The van der Waals surface area contributed by atoms with Crippen molar-refractivity contribution in [2.24, 2.45) is 10.1 Å². The largest absolute Gasteiger partial charge is 0.497 e. The smallest absolute Gasteiger partial charge is 0.252 e. The van der Waals surface area contributed by atoms with Crippen molar-refractivity contribution in [2.45, 2.75) is 30.9 Å². The van der Waals surface area contributed by atoms with E-state index in [0.717, 1.165) is 21.3 Å². The monoisotopic (exact) mass is 683 g/mol. The first kappa shape index (κ1) is 32.6. The van der Waals surface area contributed by atoms with Crippen molar-refractivity contribution in [2.75, 3.05) is 26.9 Å². The van der Waals surface area contributed by atoms with E-state index in [4.69, 9.17) is 24.3 Å². The van der Waals surface area contributed by atoms with Gasteiger partial charge in [0.25, 0.3) is 5.91 Å². The van der Waals surface area contributed by atoms with Crippen LogP contribution in [-0.4, -0.2) is 49.3 Å². The molecule has 4 aromatic carbocycles. The molecule has 5 rings (SSSR count). The molecule has 1 aliphatic rings. The summed E-state index contributed by atoms with van der Waals surface area (Å²) in [5, 5.41) is 16.1. The third-order valence-electron chi connectivity index (χ3n) is 7.65. The number of aliphatic hydroxyl groups excluding tert-OH is 1. The molecule has 11 heteroatoms. The van der Waals surface area contributed by atoms with E-state index in [2.05, 4.69) is 31.3 Å². The average Bonchev–Trinajstić information content (AvgIpc) is 3.47. The Bertz CT molecular complexity index is 1710. The van der Waals surface area contributed by atoms with Gasteiger partial charge < -0.3 is 24.6 Å². The van der Waals surface area contributed by atoms with Crippen molar-refractivity contribution >= 4 is 33.4 Å². The molecule has 236 valence electrons. The van der Waals surface area contributed by atoms with Gasteiger partial charge in [-0.15, -0.1) is 0 Å². The number of carbonyl (C=O) groups excluding carboxylic acids is 1. The molecule has 0 saturated carbocycles. The molecule has 4 aromatic rings. The van der Waals surface area contributed by atoms with E-state index < -0.39 is 11.6 Å². The van der Waals surface area contributed by atoms with E-state index in [9.17, 15) is 10.3 Å². The second-order valence-corrected chi connectivity index (χ2v) is 11.6. The van der Waals surface area contributed by atoms with Crippen LogP contribution in [0.25, 0.3) is 10.4 Å². The minimum atomic E-state index is -1.44. The fourth-order valence-electron chi connectivity index (χ4n) is 5.29. The Morgan fingerprint density at radius 3 is 2.41 bits per heavy atom. The van der Waals surface area contributed by atoms with E-state index >= 15 is 0 Å². The van der Waals surface area contributed by atoms with Gasteiger partial charge in [-0.3, -0.25) is 4.79 Å². The molecule has 0 radical (unpaired) electrons. The maximum atomic E-state index is 14.5. The van der Waals surface area contributed by atoms with E-state index in [0.29, 0.717) is 48.6 Å². The molecule has 0 fully saturated rings. The van der Waals surface area contributed by atoms with Crippen LogP contribution in [0.3, 0.4) is 0 Å². The zero-order valence-electron chi connectivity index (χ0n) is 25.3. The standard InChI is InChI=1S/C35H34BrN5O5/c1-44-28-15-9-24(10-16-28)19-20-38-34(43)35(23-25-7-13-27(36)14-8-25)32(30-5-2-3-6-31(30)40-41-37)46-33(39-35)26-11-17-29(18-12-26)45-22-4-21-42/h2-3,5-18,32,42H,4,19-23H2,1H3,(H,38,43)/t32-,35-/m1/s1. The van der Waals surface area contributed by atoms with E-state index in [-0.39, 0.29) is 24.8 Å². The van der Waals surface area contributed by atoms with Crippen LogP contribution in [0.4, 0.5) is 5.69 Å². The summed E-state index contributed by atoms with van der Waals surface area (Å²) in [5.41, 5.74) is 11.4. The summed E-state index contributed by atoms with van der Waals surface area (Å²) in [6.45, 7) is 0.797. The molecule has 1 amide bonds. The van der Waals surface area contributed by atoms with Gasteiger partial charge >= 0.3 is 0 Å². The highest BCUT2D eigenvalue weighted by Gasteiger charge is 2.53. The Labute approximate surface area is 275 Å². The Kier molecular flexibility index (Phi) is 10.9. The molecule has 0 unspecified atom stereocenters. The lowest BCUT2D eigenvalue weighted by atomic mass is 9.81. The van der Waals surface area contributed by atoms with Gasteiger partial charge in [0.1, 0.15) is 11.5 Å². The summed E-state index contributed by atoms with van der Waals surface area (Å²) in [4.78, 5) is 22.6. The van der Waals surface area contributed by atoms with Gasteiger partial charge in [-0.1, -0.05) is 69.6 Å². The zero-order chi connectivity index (χ0) is 32.4. The summed E-state index contributed by atoms with van der Waals surface area (Å²) in [6.07, 6.45) is 0.430. The van der Waals surface area contributed by atoms with Crippen molar-refractivity contribution in [3.63, 3.8) is 0 Å². The molecule has 0 aliphatic carbocycles. The van der Waals surface area contributed by atoms with Gasteiger partial charge in [-0.25, -0.2) is 4.99 Å². The number of rotatable bonds is 14. The SMILES string of the molecule is COc1ccc(CCNC(=O)[C@]2(Cc3ccc(Br)cc3)N=C(c3ccc(OCCCO)cc3)O[C@@H]2c2ccccc2N=[N+]=[N-])cc1. The Morgan fingerprint density at radius 1 is 1.02 bits per heavy atom.